The van der Waals surface area contributed by atoms with Crippen molar-refractivity contribution in [1.82, 2.24) is 9.47 Å². The highest BCUT2D eigenvalue weighted by molar-refractivity contribution is 6.35. The fraction of sp³-hybridized carbons (Fsp3) is 0.188. The standard InChI is InChI=1S/C16H16Cl2N2O/c1-3-6-20(11-15-5-4-7-19(15)2)16(21)12-8-13(17)10-14(18)9-12/h3-5,7-10H,1,6,11H2,2H3. The average molecular weight is 323 g/mol. The number of benzene rings is 1. The maximum atomic E-state index is 12.6. The second-order valence-electron chi connectivity index (χ2n) is 4.74. The van der Waals surface area contributed by atoms with Crippen molar-refractivity contribution in [1.29, 1.82) is 0 Å². The molecular formula is C16H16Cl2N2O. The summed E-state index contributed by atoms with van der Waals surface area (Å²) in [6, 6.07) is 8.78. The van der Waals surface area contributed by atoms with Crippen molar-refractivity contribution in [3.8, 4) is 0 Å². The number of aromatic nitrogens is 1. The van der Waals surface area contributed by atoms with Crippen LogP contribution in [0.1, 0.15) is 16.1 Å². The van der Waals surface area contributed by atoms with Crippen molar-refractivity contribution in [3.05, 3.63) is 70.5 Å². The van der Waals surface area contributed by atoms with Crippen molar-refractivity contribution in [3.63, 3.8) is 0 Å². The second kappa shape index (κ2) is 6.83. The number of aryl methyl sites for hydroxylation is 1. The molecule has 1 amide bonds. The number of hydrogen-bond donors (Lipinski definition) is 0. The third kappa shape index (κ3) is 3.90. The Bertz CT molecular complexity index is 644. The number of hydrogen-bond acceptors (Lipinski definition) is 1. The highest BCUT2D eigenvalue weighted by Crippen LogP contribution is 2.21. The topological polar surface area (TPSA) is 25.2 Å². The van der Waals surface area contributed by atoms with Crippen molar-refractivity contribution in [2.24, 2.45) is 7.05 Å². The van der Waals surface area contributed by atoms with Gasteiger partial charge in [-0.1, -0.05) is 29.3 Å². The van der Waals surface area contributed by atoms with E-state index in [0.717, 1.165) is 5.69 Å². The number of rotatable bonds is 5. The molecule has 0 aliphatic carbocycles. The molecule has 0 saturated heterocycles. The molecule has 0 aliphatic rings. The van der Waals surface area contributed by atoms with Crippen LogP contribution in [0.5, 0.6) is 0 Å². The van der Waals surface area contributed by atoms with Gasteiger partial charge in [0.15, 0.2) is 0 Å². The first-order valence-corrected chi connectivity index (χ1v) is 7.23. The summed E-state index contributed by atoms with van der Waals surface area (Å²) in [7, 11) is 1.95. The van der Waals surface area contributed by atoms with Crippen LogP contribution in [-0.4, -0.2) is 21.9 Å². The average Bonchev–Trinajstić information content (AvgIpc) is 2.82. The van der Waals surface area contributed by atoms with Gasteiger partial charge in [0.1, 0.15) is 0 Å². The first kappa shape index (κ1) is 15.7. The van der Waals surface area contributed by atoms with Crippen LogP contribution >= 0.6 is 23.2 Å². The molecule has 0 aliphatic heterocycles. The molecule has 0 saturated carbocycles. The summed E-state index contributed by atoms with van der Waals surface area (Å²) >= 11 is 11.9. The van der Waals surface area contributed by atoms with E-state index < -0.39 is 0 Å². The highest BCUT2D eigenvalue weighted by Gasteiger charge is 2.17. The SMILES string of the molecule is C=CCN(Cc1cccn1C)C(=O)c1cc(Cl)cc(Cl)c1. The lowest BCUT2D eigenvalue weighted by Crippen LogP contribution is -2.31. The Labute approximate surface area is 134 Å². The zero-order chi connectivity index (χ0) is 15.4. The molecular weight excluding hydrogens is 307 g/mol. The minimum absolute atomic E-state index is 0.125. The quantitative estimate of drug-likeness (QED) is 0.759. The van der Waals surface area contributed by atoms with Crippen LogP contribution in [0.3, 0.4) is 0 Å². The Morgan fingerprint density at radius 2 is 2.00 bits per heavy atom. The van der Waals surface area contributed by atoms with E-state index in [1.807, 2.05) is 29.9 Å². The summed E-state index contributed by atoms with van der Waals surface area (Å²) < 4.78 is 1.98. The van der Waals surface area contributed by atoms with Gasteiger partial charge < -0.3 is 9.47 Å². The first-order valence-electron chi connectivity index (χ1n) is 6.47. The van der Waals surface area contributed by atoms with Gasteiger partial charge in [-0.05, 0) is 30.3 Å². The van der Waals surface area contributed by atoms with E-state index in [1.165, 1.54) is 0 Å². The molecule has 1 aromatic carbocycles. The Hall–Kier alpha value is -1.71. The minimum Gasteiger partial charge on any atom is -0.353 e. The Morgan fingerprint density at radius 1 is 1.33 bits per heavy atom. The van der Waals surface area contributed by atoms with Crippen LogP contribution in [0.25, 0.3) is 0 Å². The van der Waals surface area contributed by atoms with E-state index in [4.69, 9.17) is 23.2 Å². The fourth-order valence-electron chi connectivity index (χ4n) is 2.09. The van der Waals surface area contributed by atoms with E-state index in [9.17, 15) is 4.79 Å². The van der Waals surface area contributed by atoms with Crippen LogP contribution in [0, 0.1) is 0 Å². The monoisotopic (exact) mass is 322 g/mol. The zero-order valence-corrected chi connectivity index (χ0v) is 13.2. The molecule has 0 spiro atoms. The minimum atomic E-state index is -0.125. The molecule has 1 aromatic heterocycles. The van der Waals surface area contributed by atoms with Gasteiger partial charge >= 0.3 is 0 Å². The molecule has 0 atom stereocenters. The molecule has 110 valence electrons. The molecule has 2 aromatic rings. The Kier molecular flexibility index (Phi) is 5.10. The normalized spacial score (nSPS) is 10.4. The van der Waals surface area contributed by atoms with Crippen LogP contribution in [-0.2, 0) is 13.6 Å². The predicted octanol–water partition coefficient (Wildman–Crippen LogP) is 4.16. The third-order valence-corrected chi connectivity index (χ3v) is 3.59. The predicted molar refractivity (Wildman–Crippen MR) is 86.8 cm³/mol. The zero-order valence-electron chi connectivity index (χ0n) is 11.7. The third-order valence-electron chi connectivity index (χ3n) is 3.15. The number of amides is 1. The Morgan fingerprint density at radius 3 is 2.52 bits per heavy atom. The van der Waals surface area contributed by atoms with E-state index in [0.29, 0.717) is 28.7 Å². The maximum Gasteiger partial charge on any atom is 0.254 e. The smallest absolute Gasteiger partial charge is 0.254 e. The van der Waals surface area contributed by atoms with Gasteiger partial charge in [-0.2, -0.15) is 0 Å². The number of carbonyl (C=O) groups excluding carboxylic acids is 1. The molecule has 0 unspecified atom stereocenters. The van der Waals surface area contributed by atoms with Crippen LogP contribution in [0.2, 0.25) is 10.0 Å². The number of halogens is 2. The van der Waals surface area contributed by atoms with Crippen molar-refractivity contribution in [2.75, 3.05) is 6.54 Å². The molecule has 0 radical (unpaired) electrons. The number of carbonyl (C=O) groups is 1. The number of nitrogens with zero attached hydrogens (tertiary/aromatic N) is 2. The summed E-state index contributed by atoms with van der Waals surface area (Å²) in [5, 5.41) is 0.895. The largest absolute Gasteiger partial charge is 0.353 e. The van der Waals surface area contributed by atoms with Crippen molar-refractivity contribution < 1.29 is 4.79 Å². The Balaban J connectivity index is 2.26. The van der Waals surface area contributed by atoms with Gasteiger partial charge in [-0.3, -0.25) is 4.79 Å². The molecule has 0 N–H and O–H groups in total. The highest BCUT2D eigenvalue weighted by atomic mass is 35.5. The molecule has 0 bridgehead atoms. The van der Waals surface area contributed by atoms with E-state index in [2.05, 4.69) is 6.58 Å². The maximum absolute atomic E-state index is 12.6. The summed E-state index contributed by atoms with van der Waals surface area (Å²) in [6.45, 7) is 4.66. The molecule has 2 rings (SSSR count). The van der Waals surface area contributed by atoms with Crippen LogP contribution in [0.4, 0.5) is 0 Å². The van der Waals surface area contributed by atoms with Gasteiger partial charge in [-0.25, -0.2) is 0 Å². The molecule has 0 fully saturated rings. The summed E-state index contributed by atoms with van der Waals surface area (Å²) in [5.74, 6) is -0.125. The van der Waals surface area contributed by atoms with Gasteiger partial charge in [0.2, 0.25) is 0 Å². The molecule has 3 nitrogen and oxygen atoms in total. The summed E-state index contributed by atoms with van der Waals surface area (Å²) in [4.78, 5) is 14.3. The van der Waals surface area contributed by atoms with Gasteiger partial charge in [0.05, 0.1) is 6.54 Å². The molecule has 21 heavy (non-hydrogen) atoms. The lowest BCUT2D eigenvalue weighted by Gasteiger charge is -2.22. The van der Waals surface area contributed by atoms with Gasteiger partial charge in [-0.15, -0.1) is 6.58 Å². The lowest BCUT2D eigenvalue weighted by molar-refractivity contribution is 0.0759. The van der Waals surface area contributed by atoms with E-state index in [-0.39, 0.29) is 5.91 Å². The van der Waals surface area contributed by atoms with Crippen molar-refractivity contribution in [2.45, 2.75) is 6.54 Å². The van der Waals surface area contributed by atoms with E-state index >= 15 is 0 Å². The van der Waals surface area contributed by atoms with Crippen LogP contribution < -0.4 is 0 Å². The summed E-state index contributed by atoms with van der Waals surface area (Å²) in [6.07, 6.45) is 3.65. The van der Waals surface area contributed by atoms with Gasteiger partial charge in [0.25, 0.3) is 5.91 Å². The van der Waals surface area contributed by atoms with Gasteiger partial charge in [0, 0.05) is 41.1 Å². The van der Waals surface area contributed by atoms with E-state index in [1.54, 1.807) is 29.2 Å². The molecule has 1 heterocycles. The molecule has 5 heteroatoms. The lowest BCUT2D eigenvalue weighted by atomic mass is 10.2. The first-order chi connectivity index (χ1) is 10.0. The van der Waals surface area contributed by atoms with Crippen molar-refractivity contribution >= 4 is 29.1 Å². The summed E-state index contributed by atoms with van der Waals surface area (Å²) in [5.41, 5.74) is 1.52. The second-order valence-corrected chi connectivity index (χ2v) is 5.62. The van der Waals surface area contributed by atoms with Crippen LogP contribution in [0.15, 0.2) is 49.2 Å². The fourth-order valence-corrected chi connectivity index (χ4v) is 2.62.